The van der Waals surface area contributed by atoms with Crippen molar-refractivity contribution >= 4 is 5.96 Å². The van der Waals surface area contributed by atoms with Gasteiger partial charge in [0, 0.05) is 32.0 Å². The first-order valence-corrected chi connectivity index (χ1v) is 11.2. The molecule has 3 heterocycles. The third kappa shape index (κ3) is 7.25. The van der Waals surface area contributed by atoms with Gasteiger partial charge in [0.1, 0.15) is 12.4 Å². The van der Waals surface area contributed by atoms with Crippen molar-refractivity contribution in [2.24, 2.45) is 4.99 Å². The molecule has 1 aliphatic rings. The van der Waals surface area contributed by atoms with Gasteiger partial charge in [-0.05, 0) is 51.1 Å². The number of nitrogens with one attached hydrogen (secondary N) is 2. The van der Waals surface area contributed by atoms with E-state index in [9.17, 15) is 0 Å². The van der Waals surface area contributed by atoms with Crippen LogP contribution in [0.15, 0.2) is 46.1 Å². The normalized spacial score (nSPS) is 16.1. The number of pyridine rings is 1. The van der Waals surface area contributed by atoms with Gasteiger partial charge in [0.15, 0.2) is 5.96 Å². The number of guanidine groups is 1. The van der Waals surface area contributed by atoms with Crippen molar-refractivity contribution < 1.29 is 13.9 Å². The second-order valence-electron chi connectivity index (χ2n) is 7.51. The summed E-state index contributed by atoms with van der Waals surface area (Å²) in [6, 6.07) is 8.09. The van der Waals surface area contributed by atoms with Crippen LogP contribution in [0.2, 0.25) is 0 Å². The highest BCUT2D eigenvalue weighted by atomic mass is 16.5. The topological polar surface area (TPSA) is 84.2 Å². The molecule has 2 N–H and O–H groups in total. The highest BCUT2D eigenvalue weighted by molar-refractivity contribution is 5.79. The van der Waals surface area contributed by atoms with Crippen LogP contribution in [0.3, 0.4) is 0 Å². The van der Waals surface area contributed by atoms with Crippen molar-refractivity contribution in [3.8, 4) is 5.88 Å². The van der Waals surface area contributed by atoms with E-state index in [1.165, 1.54) is 19.3 Å². The van der Waals surface area contributed by atoms with Gasteiger partial charge >= 0.3 is 0 Å². The van der Waals surface area contributed by atoms with Crippen molar-refractivity contribution in [2.75, 3.05) is 46.5 Å². The fourth-order valence-electron chi connectivity index (χ4n) is 3.72. The minimum Gasteiger partial charge on any atom is -0.475 e. The summed E-state index contributed by atoms with van der Waals surface area (Å²) in [7, 11) is 1.65. The van der Waals surface area contributed by atoms with Gasteiger partial charge < -0.3 is 24.5 Å². The van der Waals surface area contributed by atoms with Crippen LogP contribution >= 0.6 is 0 Å². The molecule has 0 spiro atoms. The molecule has 0 amide bonds. The van der Waals surface area contributed by atoms with Gasteiger partial charge in [-0.1, -0.05) is 12.5 Å². The van der Waals surface area contributed by atoms with Gasteiger partial charge in [-0.15, -0.1) is 0 Å². The maximum Gasteiger partial charge on any atom is 0.218 e. The van der Waals surface area contributed by atoms with E-state index in [4.69, 9.17) is 18.9 Å². The third-order valence-corrected chi connectivity index (χ3v) is 5.29. The Kier molecular flexibility index (Phi) is 9.66. The van der Waals surface area contributed by atoms with E-state index < -0.39 is 0 Å². The van der Waals surface area contributed by atoms with Crippen molar-refractivity contribution in [1.82, 2.24) is 20.5 Å². The van der Waals surface area contributed by atoms with Crippen molar-refractivity contribution in [2.45, 2.75) is 38.8 Å². The number of hydrogen-bond acceptors (Lipinski definition) is 6. The van der Waals surface area contributed by atoms with Gasteiger partial charge in [0.05, 0.1) is 25.5 Å². The molecule has 0 aliphatic carbocycles. The Hall–Kier alpha value is -2.58. The molecule has 2 aromatic heterocycles. The Morgan fingerprint density at radius 3 is 2.81 bits per heavy atom. The van der Waals surface area contributed by atoms with E-state index in [1.807, 2.05) is 18.2 Å². The predicted octanol–water partition coefficient (Wildman–Crippen LogP) is 2.98. The summed E-state index contributed by atoms with van der Waals surface area (Å²) < 4.78 is 16.5. The summed E-state index contributed by atoms with van der Waals surface area (Å²) in [5, 5.41) is 6.84. The number of furan rings is 1. The quantitative estimate of drug-likeness (QED) is 0.323. The van der Waals surface area contributed by atoms with Crippen LogP contribution in [0.1, 0.15) is 43.6 Å². The molecule has 8 heteroatoms. The molecule has 1 aliphatic heterocycles. The molecule has 31 heavy (non-hydrogen) atoms. The first kappa shape index (κ1) is 23.1. The lowest BCUT2D eigenvalue weighted by molar-refractivity contribution is 0.143. The number of hydrogen-bond donors (Lipinski definition) is 2. The fourth-order valence-corrected chi connectivity index (χ4v) is 3.72. The van der Waals surface area contributed by atoms with E-state index in [1.54, 1.807) is 19.6 Å². The van der Waals surface area contributed by atoms with Crippen LogP contribution in [0.25, 0.3) is 0 Å². The number of nitrogens with zero attached hydrogens (tertiary/aromatic N) is 3. The summed E-state index contributed by atoms with van der Waals surface area (Å²) in [6.07, 6.45) is 7.25. The van der Waals surface area contributed by atoms with Crippen molar-refractivity contribution in [3.05, 3.63) is 48.0 Å². The third-order valence-electron chi connectivity index (χ3n) is 5.29. The zero-order valence-corrected chi connectivity index (χ0v) is 18.7. The smallest absolute Gasteiger partial charge is 0.218 e. The first-order chi connectivity index (χ1) is 15.3. The summed E-state index contributed by atoms with van der Waals surface area (Å²) in [4.78, 5) is 11.6. The molecule has 0 radical (unpaired) electrons. The van der Waals surface area contributed by atoms with Gasteiger partial charge in [-0.25, -0.2) is 9.98 Å². The van der Waals surface area contributed by atoms with Gasteiger partial charge in [-0.3, -0.25) is 4.90 Å². The number of rotatable bonds is 11. The zero-order chi connectivity index (χ0) is 21.7. The second-order valence-corrected chi connectivity index (χ2v) is 7.51. The van der Waals surface area contributed by atoms with E-state index in [0.717, 1.165) is 43.5 Å². The molecule has 1 atom stereocenters. The Labute approximate surface area is 185 Å². The van der Waals surface area contributed by atoms with Crippen molar-refractivity contribution in [3.63, 3.8) is 0 Å². The average Bonchev–Trinajstić information content (AvgIpc) is 3.34. The summed E-state index contributed by atoms with van der Waals surface area (Å²) >= 11 is 0. The molecule has 1 fully saturated rings. The second kappa shape index (κ2) is 13.0. The Morgan fingerprint density at radius 1 is 1.19 bits per heavy atom. The lowest BCUT2D eigenvalue weighted by Gasteiger charge is -2.33. The van der Waals surface area contributed by atoms with Gasteiger partial charge in [-0.2, -0.15) is 0 Å². The minimum atomic E-state index is 0.186. The Balaban J connectivity index is 1.65. The van der Waals surface area contributed by atoms with E-state index in [2.05, 4.69) is 33.5 Å². The monoisotopic (exact) mass is 429 g/mol. The molecule has 170 valence electrons. The average molecular weight is 430 g/mol. The molecule has 1 saturated heterocycles. The predicted molar refractivity (Wildman–Crippen MR) is 121 cm³/mol. The molecule has 1 unspecified atom stereocenters. The number of ether oxygens (including phenoxy) is 2. The maximum absolute atomic E-state index is 5.76. The molecular weight excluding hydrogens is 394 g/mol. The van der Waals surface area contributed by atoms with Crippen LogP contribution < -0.4 is 15.4 Å². The maximum atomic E-state index is 5.76. The first-order valence-electron chi connectivity index (χ1n) is 11.2. The summed E-state index contributed by atoms with van der Waals surface area (Å²) in [5.41, 5.74) is 0.939. The standard InChI is InChI=1S/C23H35N5O3/c1-3-24-23(26-17-19-9-7-11-25-22(19)31-16-15-29-2)27-18-20(21-10-8-14-30-21)28-12-5-4-6-13-28/h7-11,14,20H,3-6,12-13,15-18H2,1-2H3,(H2,24,26,27). The fraction of sp³-hybridized carbons (Fsp3) is 0.565. The van der Waals surface area contributed by atoms with Crippen molar-refractivity contribution in [1.29, 1.82) is 0 Å². The number of likely N-dealkylation sites (tertiary alicyclic amines) is 1. The van der Waals surface area contributed by atoms with Crippen LogP contribution in [-0.2, 0) is 11.3 Å². The Morgan fingerprint density at radius 2 is 2.06 bits per heavy atom. The van der Waals surface area contributed by atoms with E-state index >= 15 is 0 Å². The zero-order valence-electron chi connectivity index (χ0n) is 18.7. The molecule has 3 rings (SSSR count). The Bertz CT molecular complexity index is 775. The minimum absolute atomic E-state index is 0.186. The molecule has 0 bridgehead atoms. The van der Waals surface area contributed by atoms with Crippen LogP contribution in [-0.4, -0.2) is 62.3 Å². The summed E-state index contributed by atoms with van der Waals surface area (Å²) in [6.45, 7) is 7.22. The van der Waals surface area contributed by atoms with Gasteiger partial charge in [0.2, 0.25) is 5.88 Å². The number of methoxy groups -OCH3 is 1. The van der Waals surface area contributed by atoms with Gasteiger partial charge in [0.25, 0.3) is 0 Å². The molecule has 0 saturated carbocycles. The van der Waals surface area contributed by atoms with E-state index in [-0.39, 0.29) is 6.04 Å². The highest BCUT2D eigenvalue weighted by Crippen LogP contribution is 2.24. The summed E-state index contributed by atoms with van der Waals surface area (Å²) in [5.74, 6) is 2.36. The van der Waals surface area contributed by atoms with Crippen LogP contribution in [0.5, 0.6) is 5.88 Å². The molecule has 0 aromatic carbocycles. The number of aromatic nitrogens is 1. The van der Waals surface area contributed by atoms with E-state index in [0.29, 0.717) is 25.6 Å². The lowest BCUT2D eigenvalue weighted by atomic mass is 10.1. The molecule has 8 nitrogen and oxygen atoms in total. The van der Waals surface area contributed by atoms with Crippen LogP contribution in [0, 0.1) is 0 Å². The molecule has 2 aromatic rings. The lowest BCUT2D eigenvalue weighted by Crippen LogP contribution is -2.44. The number of piperidine rings is 1. The SMILES string of the molecule is CCNC(=NCc1cccnc1OCCOC)NCC(c1ccco1)N1CCCCC1. The highest BCUT2D eigenvalue weighted by Gasteiger charge is 2.24. The van der Waals surface area contributed by atoms with Crippen LogP contribution in [0.4, 0.5) is 0 Å². The molecular formula is C23H35N5O3. The number of aliphatic imine (C=N–C) groups is 1. The largest absolute Gasteiger partial charge is 0.475 e.